The minimum atomic E-state index is -3.00. The number of rotatable bonds is 8. The number of carbonyl (C=O) groups excluding carboxylic acids is 4. The van der Waals surface area contributed by atoms with Crippen LogP contribution in [-0.2, 0) is 14.4 Å². The maximum Gasteiger partial charge on any atom is 0.387 e. The largest absolute Gasteiger partial charge is 0.434 e. The summed E-state index contributed by atoms with van der Waals surface area (Å²) >= 11 is 0. The van der Waals surface area contributed by atoms with Crippen molar-refractivity contribution in [1.82, 2.24) is 20.5 Å². The first-order valence-electron chi connectivity index (χ1n) is 12.3. The highest BCUT2D eigenvalue weighted by Gasteiger charge is 2.50. The second kappa shape index (κ2) is 9.87. The highest BCUT2D eigenvalue weighted by molar-refractivity contribution is 6.02. The predicted octanol–water partition coefficient (Wildman–Crippen LogP) is 2.22. The molecular formula is C25H28F2N4O5. The van der Waals surface area contributed by atoms with Crippen molar-refractivity contribution in [1.29, 1.82) is 0 Å². The van der Waals surface area contributed by atoms with Gasteiger partial charge in [-0.3, -0.25) is 14.4 Å². The predicted molar refractivity (Wildman–Crippen MR) is 124 cm³/mol. The van der Waals surface area contributed by atoms with Crippen LogP contribution in [0.5, 0.6) is 5.75 Å². The summed E-state index contributed by atoms with van der Waals surface area (Å²) in [6.07, 6.45) is 4.11. The van der Waals surface area contributed by atoms with Crippen LogP contribution in [0.4, 0.5) is 8.78 Å². The Hall–Kier alpha value is -3.50. The summed E-state index contributed by atoms with van der Waals surface area (Å²) in [6, 6.07) is 4.48. The van der Waals surface area contributed by atoms with Crippen LogP contribution >= 0.6 is 0 Å². The molecule has 1 aromatic heterocycles. The first kappa shape index (κ1) is 24.2. The number of ether oxygens (including phenoxy) is 1. The van der Waals surface area contributed by atoms with Gasteiger partial charge in [-0.25, -0.2) is 0 Å². The third-order valence-corrected chi connectivity index (χ3v) is 7.68. The number of nitrogens with one attached hydrogen (secondary N) is 3. The highest BCUT2D eigenvalue weighted by atomic mass is 19.3. The van der Waals surface area contributed by atoms with Gasteiger partial charge in [0, 0.05) is 29.9 Å². The van der Waals surface area contributed by atoms with Crippen LogP contribution in [0.2, 0.25) is 0 Å². The zero-order valence-corrected chi connectivity index (χ0v) is 19.5. The second-order valence-electron chi connectivity index (χ2n) is 9.80. The van der Waals surface area contributed by atoms with Gasteiger partial charge in [0.05, 0.1) is 6.04 Å². The van der Waals surface area contributed by atoms with Crippen molar-refractivity contribution < 1.29 is 32.7 Å². The number of H-pyrrole nitrogens is 1. The molecule has 5 atom stereocenters. The number of fused-ring (bicyclic) bond motifs is 2. The Bertz CT molecular complexity index is 1180. The molecular weight excluding hydrogens is 474 g/mol. The lowest BCUT2D eigenvalue weighted by Crippen LogP contribution is -2.52. The zero-order chi connectivity index (χ0) is 25.4. The van der Waals surface area contributed by atoms with E-state index in [2.05, 4.69) is 20.4 Å². The van der Waals surface area contributed by atoms with Crippen molar-refractivity contribution in [2.75, 3.05) is 13.1 Å². The monoisotopic (exact) mass is 502 g/mol. The average Bonchev–Trinajstić information content (AvgIpc) is 3.61. The molecule has 0 spiro atoms. The molecule has 0 unspecified atom stereocenters. The van der Waals surface area contributed by atoms with E-state index >= 15 is 0 Å². The van der Waals surface area contributed by atoms with Gasteiger partial charge in [-0.15, -0.1) is 0 Å². The van der Waals surface area contributed by atoms with Crippen molar-refractivity contribution in [2.45, 2.75) is 50.8 Å². The molecule has 1 saturated carbocycles. The molecule has 0 bridgehead atoms. The molecule has 192 valence electrons. The van der Waals surface area contributed by atoms with Gasteiger partial charge in [-0.05, 0) is 55.7 Å². The van der Waals surface area contributed by atoms with Gasteiger partial charge < -0.3 is 30.0 Å². The number of likely N-dealkylation sites (tertiary alicyclic amines) is 1. The Morgan fingerprint density at radius 3 is 2.81 bits per heavy atom. The van der Waals surface area contributed by atoms with Crippen molar-refractivity contribution in [2.24, 2.45) is 17.8 Å². The van der Waals surface area contributed by atoms with E-state index in [-0.39, 0.29) is 41.5 Å². The molecule has 9 nitrogen and oxygen atoms in total. The maximum atomic E-state index is 13.6. The molecule has 3 aliphatic rings. The van der Waals surface area contributed by atoms with E-state index in [1.807, 2.05) is 0 Å². The topological polar surface area (TPSA) is 121 Å². The first-order valence-corrected chi connectivity index (χ1v) is 12.3. The van der Waals surface area contributed by atoms with Gasteiger partial charge in [-0.1, -0.05) is 12.5 Å². The molecule has 3 N–H and O–H groups in total. The molecule has 36 heavy (non-hydrogen) atoms. The van der Waals surface area contributed by atoms with Crippen LogP contribution in [0.25, 0.3) is 10.9 Å². The number of carbonyl (C=O) groups is 4. The number of aromatic nitrogens is 1. The molecule has 3 amide bonds. The lowest BCUT2D eigenvalue weighted by atomic mass is 9.92. The summed E-state index contributed by atoms with van der Waals surface area (Å²) in [7, 11) is 0. The Kier molecular flexibility index (Phi) is 6.63. The minimum absolute atomic E-state index is 0.0295. The van der Waals surface area contributed by atoms with Gasteiger partial charge >= 0.3 is 6.61 Å². The third-order valence-electron chi connectivity index (χ3n) is 7.68. The molecule has 1 aromatic carbocycles. The quantitative estimate of drug-likeness (QED) is 0.478. The van der Waals surface area contributed by atoms with Crippen LogP contribution < -0.4 is 15.4 Å². The lowest BCUT2D eigenvalue weighted by molar-refractivity contribution is -0.129. The number of halogens is 2. The van der Waals surface area contributed by atoms with Crippen LogP contribution in [0.1, 0.15) is 42.6 Å². The Morgan fingerprint density at radius 1 is 1.25 bits per heavy atom. The number of benzene rings is 1. The number of nitrogens with zero attached hydrogens (tertiary/aromatic N) is 1. The summed E-state index contributed by atoms with van der Waals surface area (Å²) in [5, 5.41) is 5.84. The molecule has 5 rings (SSSR count). The van der Waals surface area contributed by atoms with Crippen LogP contribution in [0.15, 0.2) is 24.3 Å². The molecule has 3 heterocycles. The van der Waals surface area contributed by atoms with Crippen LogP contribution in [0.3, 0.4) is 0 Å². The lowest BCUT2D eigenvalue weighted by Gasteiger charge is -2.28. The number of amides is 3. The minimum Gasteiger partial charge on any atom is -0.434 e. The van der Waals surface area contributed by atoms with Crippen molar-refractivity contribution >= 4 is 34.9 Å². The first-order chi connectivity index (χ1) is 17.4. The van der Waals surface area contributed by atoms with Gasteiger partial charge in [0.25, 0.3) is 5.91 Å². The fourth-order valence-electron chi connectivity index (χ4n) is 6.04. The number of hydrogen-bond donors (Lipinski definition) is 3. The van der Waals surface area contributed by atoms with Gasteiger partial charge in [-0.2, -0.15) is 8.78 Å². The number of alkyl halides is 2. The fraction of sp³-hybridized carbons (Fsp3) is 0.520. The van der Waals surface area contributed by atoms with E-state index in [4.69, 9.17) is 0 Å². The van der Waals surface area contributed by atoms with E-state index in [0.717, 1.165) is 19.3 Å². The molecule has 0 radical (unpaired) electrons. The zero-order valence-electron chi connectivity index (χ0n) is 19.5. The maximum absolute atomic E-state index is 13.6. The standard InChI is InChI=1S/C25H28F2N4O5/c26-25(27)36-20-6-2-5-18-17(20)10-19(30-18)24(35)31-11-14-3-1-4-16(14)21(31)23(34)29-15(12-32)9-13-7-8-28-22(13)33/h2,5-6,10,12-16,21,25,30H,1,3-4,7-9,11H2,(H,28,33)(H,29,34)/t13-,14-,15-,16-,21-/m0/s1. The van der Waals surface area contributed by atoms with E-state index in [9.17, 15) is 28.0 Å². The van der Waals surface area contributed by atoms with Gasteiger partial charge in [0.2, 0.25) is 11.8 Å². The molecule has 2 aliphatic heterocycles. The Morgan fingerprint density at radius 2 is 2.08 bits per heavy atom. The fourth-order valence-corrected chi connectivity index (χ4v) is 6.04. The van der Waals surface area contributed by atoms with Gasteiger partial charge in [0.1, 0.15) is 23.8 Å². The normalized spacial score (nSPS) is 26.2. The summed E-state index contributed by atoms with van der Waals surface area (Å²) in [5.74, 6) is -1.20. The smallest absolute Gasteiger partial charge is 0.387 e. The molecule has 1 aliphatic carbocycles. The van der Waals surface area contributed by atoms with Crippen molar-refractivity contribution in [3.05, 3.63) is 30.0 Å². The van der Waals surface area contributed by atoms with Crippen LogP contribution in [-0.4, -0.2) is 65.7 Å². The van der Waals surface area contributed by atoms with E-state index in [1.54, 1.807) is 12.1 Å². The number of hydrogen-bond acceptors (Lipinski definition) is 5. The molecule has 2 aromatic rings. The van der Waals surface area contributed by atoms with E-state index in [1.165, 1.54) is 17.0 Å². The van der Waals surface area contributed by atoms with E-state index < -0.39 is 30.5 Å². The van der Waals surface area contributed by atoms with Crippen molar-refractivity contribution in [3.63, 3.8) is 0 Å². The van der Waals surface area contributed by atoms with Crippen molar-refractivity contribution in [3.8, 4) is 5.75 Å². The van der Waals surface area contributed by atoms with E-state index in [0.29, 0.717) is 36.7 Å². The molecule has 11 heteroatoms. The Labute approximate surface area is 205 Å². The number of aldehydes is 1. The Balaban J connectivity index is 1.37. The van der Waals surface area contributed by atoms with Crippen LogP contribution in [0, 0.1) is 17.8 Å². The summed E-state index contributed by atoms with van der Waals surface area (Å²) in [6.45, 7) is -2.06. The number of aromatic amines is 1. The molecule has 3 fully saturated rings. The highest BCUT2D eigenvalue weighted by Crippen LogP contribution is 2.43. The molecule has 2 saturated heterocycles. The summed E-state index contributed by atoms with van der Waals surface area (Å²) in [5.41, 5.74) is 0.635. The summed E-state index contributed by atoms with van der Waals surface area (Å²) in [4.78, 5) is 55.1. The summed E-state index contributed by atoms with van der Waals surface area (Å²) < 4.78 is 30.2. The average molecular weight is 503 g/mol. The van der Waals surface area contributed by atoms with Gasteiger partial charge in [0.15, 0.2) is 0 Å². The second-order valence-corrected chi connectivity index (χ2v) is 9.80. The third kappa shape index (κ3) is 4.54. The SMILES string of the molecule is O=C[C@H](C[C@@H]1CCNC1=O)NC(=O)[C@@H]1[C@H]2CCC[C@H]2CN1C(=O)c1cc2c(OC(F)F)cccc2[nH]1.